The molecule has 0 aliphatic rings. The van der Waals surface area contributed by atoms with E-state index in [1.807, 2.05) is 74.9 Å². The molecule has 154 valence electrons. The Kier molecular flexibility index (Phi) is 6.17. The van der Waals surface area contributed by atoms with Gasteiger partial charge in [-0.2, -0.15) is 0 Å². The van der Waals surface area contributed by atoms with Crippen LogP contribution in [0.3, 0.4) is 0 Å². The third-order valence-electron chi connectivity index (χ3n) is 4.81. The predicted octanol–water partition coefficient (Wildman–Crippen LogP) is 3.16. The van der Waals surface area contributed by atoms with E-state index >= 15 is 0 Å². The van der Waals surface area contributed by atoms with Gasteiger partial charge in [-0.15, -0.1) is 5.10 Å². The van der Waals surface area contributed by atoms with Gasteiger partial charge in [0.05, 0.1) is 11.9 Å². The molecule has 0 aliphatic heterocycles. The zero-order chi connectivity index (χ0) is 21.0. The first-order chi connectivity index (χ1) is 13.8. The van der Waals surface area contributed by atoms with Crippen molar-refractivity contribution in [3.05, 3.63) is 48.2 Å². The van der Waals surface area contributed by atoms with Crippen molar-refractivity contribution in [2.75, 3.05) is 25.5 Å². The Morgan fingerprint density at radius 2 is 1.90 bits per heavy atom. The van der Waals surface area contributed by atoms with Crippen molar-refractivity contribution in [3.63, 3.8) is 0 Å². The molecule has 3 aromatic rings. The second-order valence-electron chi connectivity index (χ2n) is 8.29. The third-order valence-corrected chi connectivity index (χ3v) is 4.81. The van der Waals surface area contributed by atoms with Crippen molar-refractivity contribution < 1.29 is 4.79 Å². The third kappa shape index (κ3) is 4.92. The van der Waals surface area contributed by atoms with E-state index in [4.69, 9.17) is 5.73 Å². The zero-order valence-electron chi connectivity index (χ0n) is 17.6. The number of hydrogen-bond acceptors (Lipinski definition) is 5. The van der Waals surface area contributed by atoms with Crippen LogP contribution < -0.4 is 11.1 Å². The smallest absolute Gasteiger partial charge is 0.227 e. The maximum atomic E-state index is 12.2. The van der Waals surface area contributed by atoms with E-state index in [1.165, 1.54) is 0 Å². The van der Waals surface area contributed by atoms with E-state index in [9.17, 15) is 4.79 Å². The number of fused-ring (bicyclic) bond motifs is 1. The van der Waals surface area contributed by atoms with Crippen LogP contribution in [0.1, 0.15) is 32.8 Å². The van der Waals surface area contributed by atoms with E-state index in [0.717, 1.165) is 41.3 Å². The molecule has 0 saturated heterocycles. The number of anilines is 1. The Morgan fingerprint density at radius 1 is 1.17 bits per heavy atom. The van der Waals surface area contributed by atoms with Gasteiger partial charge >= 0.3 is 0 Å². The Morgan fingerprint density at radius 3 is 2.55 bits per heavy atom. The number of aromatic nitrogens is 3. The lowest BCUT2D eigenvalue weighted by molar-refractivity contribution is -0.138. The van der Waals surface area contributed by atoms with Crippen LogP contribution in [0.2, 0.25) is 0 Å². The quantitative estimate of drug-likeness (QED) is 0.601. The maximum Gasteiger partial charge on any atom is 0.227 e. The monoisotopic (exact) mass is 394 g/mol. The van der Waals surface area contributed by atoms with Crippen molar-refractivity contribution in [2.24, 2.45) is 11.1 Å². The predicted molar refractivity (Wildman–Crippen MR) is 117 cm³/mol. The molecule has 1 aromatic carbocycles. The number of benzene rings is 1. The maximum absolute atomic E-state index is 12.2. The minimum atomic E-state index is -0.352. The van der Waals surface area contributed by atoms with Crippen LogP contribution >= 0.6 is 0 Å². The molecule has 2 heterocycles. The highest BCUT2D eigenvalue weighted by Gasteiger charge is 2.24. The summed E-state index contributed by atoms with van der Waals surface area (Å²) in [5.41, 5.74) is 9.19. The Hall–Kier alpha value is -2.93. The van der Waals surface area contributed by atoms with Gasteiger partial charge in [-0.25, -0.2) is 9.50 Å². The van der Waals surface area contributed by atoms with Crippen molar-refractivity contribution in [1.82, 2.24) is 19.5 Å². The summed E-state index contributed by atoms with van der Waals surface area (Å²) < 4.78 is 1.84. The van der Waals surface area contributed by atoms with Crippen molar-refractivity contribution in [1.29, 1.82) is 0 Å². The van der Waals surface area contributed by atoms with Gasteiger partial charge in [-0.3, -0.25) is 4.79 Å². The SMILES string of the molecule is CN(CCCNc1ccc2ncc(-c3ccc(CN)cc3)n2n1)C(=O)C(C)(C)C. The summed E-state index contributed by atoms with van der Waals surface area (Å²) in [6, 6.07) is 12.0. The molecule has 0 fully saturated rings. The molecule has 0 atom stereocenters. The number of rotatable bonds is 7. The average Bonchev–Trinajstić information content (AvgIpc) is 3.13. The number of carbonyl (C=O) groups is 1. The molecule has 3 N–H and O–H groups in total. The average molecular weight is 395 g/mol. The summed E-state index contributed by atoms with van der Waals surface area (Å²) in [6.07, 6.45) is 2.67. The van der Waals surface area contributed by atoms with E-state index in [0.29, 0.717) is 13.1 Å². The summed E-state index contributed by atoms with van der Waals surface area (Å²) in [4.78, 5) is 18.5. The highest BCUT2D eigenvalue weighted by Crippen LogP contribution is 2.21. The van der Waals surface area contributed by atoms with Gasteiger partial charge in [0.15, 0.2) is 5.65 Å². The van der Waals surface area contributed by atoms with Crippen molar-refractivity contribution in [2.45, 2.75) is 33.7 Å². The van der Waals surface area contributed by atoms with Gasteiger partial charge < -0.3 is 16.0 Å². The number of hydrogen-bond donors (Lipinski definition) is 2. The molecule has 3 rings (SSSR count). The molecule has 1 amide bonds. The molecule has 2 aromatic heterocycles. The lowest BCUT2D eigenvalue weighted by Crippen LogP contribution is -2.37. The second kappa shape index (κ2) is 8.61. The number of amides is 1. The van der Waals surface area contributed by atoms with E-state index in [2.05, 4.69) is 15.4 Å². The van der Waals surface area contributed by atoms with Gasteiger partial charge in [0.1, 0.15) is 5.82 Å². The first-order valence-corrected chi connectivity index (χ1v) is 9.93. The molecule has 0 radical (unpaired) electrons. The Balaban J connectivity index is 1.64. The summed E-state index contributed by atoms with van der Waals surface area (Å²) in [6.45, 7) is 7.78. The summed E-state index contributed by atoms with van der Waals surface area (Å²) in [5, 5.41) is 8.03. The molecule has 0 spiro atoms. The van der Waals surface area contributed by atoms with Crippen molar-refractivity contribution >= 4 is 17.4 Å². The first-order valence-electron chi connectivity index (χ1n) is 9.93. The summed E-state index contributed by atoms with van der Waals surface area (Å²) >= 11 is 0. The molecular weight excluding hydrogens is 364 g/mol. The molecule has 0 saturated carbocycles. The van der Waals surface area contributed by atoms with E-state index in [-0.39, 0.29) is 11.3 Å². The van der Waals surface area contributed by atoms with Crippen LogP contribution in [-0.4, -0.2) is 45.5 Å². The second-order valence-corrected chi connectivity index (χ2v) is 8.29. The summed E-state index contributed by atoms with van der Waals surface area (Å²) in [7, 11) is 1.85. The van der Waals surface area contributed by atoms with Crippen LogP contribution in [0.25, 0.3) is 16.9 Å². The van der Waals surface area contributed by atoms with Crippen LogP contribution in [0.4, 0.5) is 5.82 Å². The molecule has 0 unspecified atom stereocenters. The summed E-state index contributed by atoms with van der Waals surface area (Å²) in [5.74, 6) is 0.931. The minimum Gasteiger partial charge on any atom is -0.369 e. The largest absolute Gasteiger partial charge is 0.369 e. The van der Waals surface area contributed by atoms with E-state index < -0.39 is 0 Å². The van der Waals surface area contributed by atoms with Gasteiger partial charge in [0.25, 0.3) is 0 Å². The highest BCUT2D eigenvalue weighted by molar-refractivity contribution is 5.81. The number of nitrogens with zero attached hydrogens (tertiary/aromatic N) is 4. The lowest BCUT2D eigenvalue weighted by Gasteiger charge is -2.26. The van der Waals surface area contributed by atoms with Crippen LogP contribution in [0.15, 0.2) is 42.6 Å². The number of nitrogens with two attached hydrogens (primary N) is 1. The molecule has 29 heavy (non-hydrogen) atoms. The molecule has 0 bridgehead atoms. The van der Waals surface area contributed by atoms with Gasteiger partial charge in [-0.05, 0) is 24.1 Å². The highest BCUT2D eigenvalue weighted by atomic mass is 16.2. The lowest BCUT2D eigenvalue weighted by atomic mass is 9.95. The van der Waals surface area contributed by atoms with Crippen LogP contribution in [-0.2, 0) is 11.3 Å². The topological polar surface area (TPSA) is 88.6 Å². The number of nitrogens with one attached hydrogen (secondary N) is 1. The Labute approximate surface area is 171 Å². The molecule has 0 aliphatic carbocycles. The van der Waals surface area contributed by atoms with Crippen LogP contribution in [0.5, 0.6) is 0 Å². The fourth-order valence-corrected chi connectivity index (χ4v) is 3.18. The standard InChI is InChI=1S/C22H30N6O/c1-22(2,3)21(29)27(4)13-5-12-24-19-10-11-20-25-15-18(28(20)26-19)17-8-6-16(14-23)7-9-17/h6-11,15H,5,12-14,23H2,1-4H3,(H,24,26). The normalized spacial score (nSPS) is 11.6. The zero-order valence-corrected chi connectivity index (χ0v) is 17.6. The number of imidazole rings is 1. The Bertz CT molecular complexity index is 971. The van der Waals surface area contributed by atoms with Crippen LogP contribution in [0, 0.1) is 5.41 Å². The van der Waals surface area contributed by atoms with Crippen molar-refractivity contribution in [3.8, 4) is 11.3 Å². The minimum absolute atomic E-state index is 0.153. The van der Waals surface area contributed by atoms with Gasteiger partial charge in [-0.1, -0.05) is 45.0 Å². The number of carbonyl (C=O) groups excluding carboxylic acids is 1. The fourth-order valence-electron chi connectivity index (χ4n) is 3.18. The van der Waals surface area contributed by atoms with E-state index in [1.54, 1.807) is 4.90 Å². The van der Waals surface area contributed by atoms with Gasteiger partial charge in [0.2, 0.25) is 5.91 Å². The molecule has 7 nitrogen and oxygen atoms in total. The molecular formula is C22H30N6O. The molecule has 7 heteroatoms. The first kappa shape index (κ1) is 20.8. The fraction of sp³-hybridized carbons (Fsp3) is 0.409. The van der Waals surface area contributed by atoms with Gasteiger partial charge in [0, 0.05) is 37.7 Å².